The van der Waals surface area contributed by atoms with Gasteiger partial charge in [0.15, 0.2) is 8.68 Å². The lowest BCUT2D eigenvalue weighted by Crippen LogP contribution is -2.37. The van der Waals surface area contributed by atoms with E-state index in [1.165, 1.54) is 75.6 Å². The van der Waals surface area contributed by atoms with Gasteiger partial charge in [-0.2, -0.15) is 0 Å². The normalized spacial score (nSPS) is 19.2. The first-order valence-corrected chi connectivity index (χ1v) is 25.8. The molecule has 2 fully saturated rings. The molecule has 12 heteroatoms. The quantitative estimate of drug-likeness (QED) is 0.138. The average Bonchev–Trinajstić information content (AvgIpc) is 4.17. The van der Waals surface area contributed by atoms with E-state index in [0.29, 0.717) is 22.3 Å². The third-order valence-electron chi connectivity index (χ3n) is 12.5. The molecule has 9 aromatic rings. The second-order valence-electron chi connectivity index (χ2n) is 16.4. The Morgan fingerprint density at radius 1 is 0.587 bits per heavy atom. The Labute approximate surface area is 395 Å². The summed E-state index contributed by atoms with van der Waals surface area (Å²) < 4.78 is 7.00. The molecule has 2 aliphatic rings. The second kappa shape index (κ2) is 19.4. The van der Waals surface area contributed by atoms with Crippen molar-refractivity contribution in [2.75, 3.05) is 0 Å². The summed E-state index contributed by atoms with van der Waals surface area (Å²) in [5.41, 5.74) is 7.73. The number of rotatable bonds is 10. The van der Waals surface area contributed by atoms with Gasteiger partial charge in [-0.05, 0) is 104 Å². The number of benzene rings is 5. The topological polar surface area (TPSA) is 72.3 Å². The fourth-order valence-corrected chi connectivity index (χ4v) is 14.9. The summed E-state index contributed by atoms with van der Waals surface area (Å²) in [6.45, 7) is 0. The summed E-state index contributed by atoms with van der Waals surface area (Å²) in [5.74, 6) is 1.11. The third kappa shape index (κ3) is 9.40. The summed E-state index contributed by atoms with van der Waals surface area (Å²) in [7, 11) is 0. The first-order valence-electron chi connectivity index (χ1n) is 21.6. The molecule has 1 N–H and O–H groups in total. The van der Waals surface area contributed by atoms with Crippen molar-refractivity contribution in [2.24, 2.45) is 0 Å². The molecule has 4 aromatic heterocycles. The van der Waals surface area contributed by atoms with Crippen molar-refractivity contribution in [1.29, 1.82) is 0 Å². The van der Waals surface area contributed by atoms with Crippen LogP contribution in [0.15, 0.2) is 161 Å². The summed E-state index contributed by atoms with van der Waals surface area (Å²) in [6.07, 6.45) is 17.7. The molecule has 63 heavy (non-hydrogen) atoms. The van der Waals surface area contributed by atoms with Crippen LogP contribution in [-0.4, -0.2) is 40.0 Å². The van der Waals surface area contributed by atoms with Crippen LogP contribution in [0.2, 0.25) is 10.0 Å². The molecule has 2 aliphatic carbocycles. The fourth-order valence-electron chi connectivity index (χ4n) is 9.32. The smallest absolute Gasteiger partial charge is 0.151 e. The zero-order valence-corrected chi connectivity index (χ0v) is 39.3. The SMILES string of the molecule is Clc1ccc2nc(SC3CCC(c4cn(C(c5ccccc5)(c5ccccc5)c5ccccc5)cn4)CC3)sc2c1.Clc1ccc2nc(SC3CCC(c4cnc[nH]4)CC3)sc2c1. The summed E-state index contributed by atoms with van der Waals surface area (Å²) in [5, 5.41) is 2.82. The van der Waals surface area contributed by atoms with Crippen molar-refractivity contribution >= 4 is 89.8 Å². The minimum absolute atomic E-state index is 0.460. The van der Waals surface area contributed by atoms with Gasteiger partial charge < -0.3 is 9.55 Å². The van der Waals surface area contributed by atoms with Gasteiger partial charge in [0, 0.05) is 50.5 Å². The summed E-state index contributed by atoms with van der Waals surface area (Å²) in [6, 6.07) is 44.3. The minimum atomic E-state index is -0.516. The minimum Gasteiger partial charge on any atom is -0.348 e. The van der Waals surface area contributed by atoms with Crippen LogP contribution in [0.4, 0.5) is 0 Å². The maximum atomic E-state index is 6.19. The van der Waals surface area contributed by atoms with Gasteiger partial charge in [-0.3, -0.25) is 0 Å². The number of nitrogens with one attached hydrogen (secondary N) is 1. The number of thioether (sulfide) groups is 2. The Kier molecular flexibility index (Phi) is 13.1. The van der Waals surface area contributed by atoms with E-state index in [0.717, 1.165) is 43.0 Å². The average molecular weight is 942 g/mol. The lowest BCUT2D eigenvalue weighted by molar-refractivity contribution is 0.445. The maximum Gasteiger partial charge on any atom is 0.151 e. The number of halogens is 2. The van der Waals surface area contributed by atoms with Crippen molar-refractivity contribution in [3.05, 3.63) is 191 Å². The Morgan fingerprint density at radius 3 is 1.52 bits per heavy atom. The van der Waals surface area contributed by atoms with Gasteiger partial charge in [0.05, 0.1) is 38.8 Å². The number of aromatic amines is 1. The van der Waals surface area contributed by atoms with Crippen LogP contribution in [-0.2, 0) is 5.54 Å². The number of imidazole rings is 2. The van der Waals surface area contributed by atoms with E-state index in [-0.39, 0.29) is 0 Å². The van der Waals surface area contributed by atoms with Crippen LogP contribution in [0.1, 0.15) is 91.3 Å². The van der Waals surface area contributed by atoms with E-state index < -0.39 is 5.54 Å². The van der Waals surface area contributed by atoms with Gasteiger partial charge in [-0.25, -0.2) is 19.9 Å². The van der Waals surface area contributed by atoms with Crippen LogP contribution >= 0.6 is 69.4 Å². The lowest BCUT2D eigenvalue weighted by atomic mass is 9.76. The molecule has 318 valence electrons. The number of H-pyrrole nitrogens is 1. The van der Waals surface area contributed by atoms with E-state index in [4.69, 9.17) is 38.2 Å². The molecule has 6 nitrogen and oxygen atoms in total. The Morgan fingerprint density at radius 2 is 1.06 bits per heavy atom. The van der Waals surface area contributed by atoms with Crippen molar-refractivity contribution in [3.8, 4) is 0 Å². The zero-order valence-electron chi connectivity index (χ0n) is 34.5. The standard InChI is InChI=1S/C35H30ClN3S2.C16H16ClN3S2/c36-29-18-21-31-33(22-29)41-34(38-31)40-30-19-16-25(17-20-30)32-23-39(24-37-32)35(26-10-4-1-5-11-26,27-12-6-2-7-13-27)28-14-8-3-9-15-28;17-11-3-6-13-15(7-11)22-16(20-13)21-12-4-1-10(2-5-12)14-8-18-9-19-14/h1-15,18,21-25,30H,16-17,19-20H2;3,6-10,12H,1-2,4-5H2,(H,18,19). The molecule has 4 heterocycles. The molecular formula is C51H46Cl2N6S4. The first kappa shape index (κ1) is 42.5. The van der Waals surface area contributed by atoms with Gasteiger partial charge in [-0.1, -0.05) is 138 Å². The zero-order chi connectivity index (χ0) is 42.6. The summed E-state index contributed by atoms with van der Waals surface area (Å²) >= 11 is 19.6. The van der Waals surface area contributed by atoms with Crippen molar-refractivity contribution in [1.82, 2.24) is 29.5 Å². The predicted molar refractivity (Wildman–Crippen MR) is 266 cm³/mol. The molecular weight excluding hydrogens is 896 g/mol. The fraction of sp³-hybridized carbons (Fsp3) is 0.255. The highest BCUT2D eigenvalue weighted by Crippen LogP contribution is 2.45. The van der Waals surface area contributed by atoms with Gasteiger partial charge in [0.25, 0.3) is 0 Å². The predicted octanol–water partition coefficient (Wildman–Crippen LogP) is 15.3. The molecule has 0 spiro atoms. The number of hydrogen-bond acceptors (Lipinski definition) is 8. The third-order valence-corrected chi connectivity index (χ3v) is 17.9. The van der Waals surface area contributed by atoms with E-state index in [1.807, 2.05) is 66.1 Å². The Bertz CT molecular complexity index is 2770. The summed E-state index contributed by atoms with van der Waals surface area (Å²) in [4.78, 5) is 22.0. The number of thiazole rings is 2. The lowest BCUT2D eigenvalue weighted by Gasteiger charge is -2.37. The highest BCUT2D eigenvalue weighted by molar-refractivity contribution is 8.02. The van der Waals surface area contributed by atoms with Crippen LogP contribution in [0.3, 0.4) is 0 Å². The number of aromatic nitrogens is 6. The van der Waals surface area contributed by atoms with Gasteiger partial charge in [0.2, 0.25) is 0 Å². The molecule has 0 amide bonds. The molecule has 11 rings (SSSR count). The van der Waals surface area contributed by atoms with Crippen LogP contribution in [0.25, 0.3) is 20.4 Å². The number of nitrogens with zero attached hydrogens (tertiary/aromatic N) is 5. The molecule has 0 radical (unpaired) electrons. The van der Waals surface area contributed by atoms with Crippen LogP contribution in [0, 0.1) is 0 Å². The monoisotopic (exact) mass is 940 g/mol. The molecule has 0 atom stereocenters. The molecule has 0 saturated heterocycles. The molecule has 0 aliphatic heterocycles. The Hall–Kier alpha value is -4.42. The van der Waals surface area contributed by atoms with Crippen molar-refractivity contribution in [2.45, 2.75) is 87.9 Å². The number of fused-ring (bicyclic) bond motifs is 2. The molecule has 2 saturated carbocycles. The molecule has 5 aromatic carbocycles. The van der Waals surface area contributed by atoms with Crippen LogP contribution in [0.5, 0.6) is 0 Å². The second-order valence-corrected chi connectivity index (χ2v) is 22.4. The van der Waals surface area contributed by atoms with Crippen molar-refractivity contribution in [3.63, 3.8) is 0 Å². The van der Waals surface area contributed by atoms with E-state index >= 15 is 0 Å². The highest BCUT2D eigenvalue weighted by Gasteiger charge is 2.39. The Balaban J connectivity index is 0.000000180. The van der Waals surface area contributed by atoms with E-state index in [2.05, 4.69) is 118 Å². The van der Waals surface area contributed by atoms with Crippen LogP contribution < -0.4 is 0 Å². The first-order chi connectivity index (χ1) is 31.0. The highest BCUT2D eigenvalue weighted by atomic mass is 35.5. The van der Waals surface area contributed by atoms with E-state index in [9.17, 15) is 0 Å². The maximum absolute atomic E-state index is 6.19. The largest absolute Gasteiger partial charge is 0.348 e. The molecule has 0 unspecified atom stereocenters. The van der Waals surface area contributed by atoms with Gasteiger partial charge in [0.1, 0.15) is 5.54 Å². The van der Waals surface area contributed by atoms with E-state index in [1.54, 1.807) is 29.0 Å². The number of hydrogen-bond donors (Lipinski definition) is 1. The van der Waals surface area contributed by atoms with Gasteiger partial charge >= 0.3 is 0 Å². The van der Waals surface area contributed by atoms with Gasteiger partial charge in [-0.15, -0.1) is 22.7 Å². The molecule has 0 bridgehead atoms. The van der Waals surface area contributed by atoms with Crippen molar-refractivity contribution < 1.29 is 0 Å².